The summed E-state index contributed by atoms with van der Waals surface area (Å²) in [4.78, 5) is 1.42. The fraction of sp³-hybridized carbons (Fsp3) is 0.625. The molecule has 0 amide bonds. The second kappa shape index (κ2) is 5.48. The van der Waals surface area contributed by atoms with E-state index in [0.717, 1.165) is 11.8 Å². The maximum atomic E-state index is 2.46. The van der Waals surface area contributed by atoms with Gasteiger partial charge in [0.1, 0.15) is 0 Å². The first-order valence-electron chi connectivity index (χ1n) is 6.77. The number of hydrogen-bond acceptors (Lipinski definition) is 1. The molecule has 0 N–H and O–H groups in total. The van der Waals surface area contributed by atoms with Crippen molar-refractivity contribution in [2.45, 2.75) is 44.9 Å². The molecule has 1 fully saturated rings. The summed E-state index contributed by atoms with van der Waals surface area (Å²) in [6.07, 6.45) is 4.24. The lowest BCUT2D eigenvalue weighted by molar-refractivity contribution is 0.103. The van der Waals surface area contributed by atoms with E-state index in [9.17, 15) is 0 Å². The Morgan fingerprint density at radius 1 is 1.24 bits per heavy atom. The molecule has 0 unspecified atom stereocenters. The van der Waals surface area contributed by atoms with Gasteiger partial charge in [0.2, 0.25) is 0 Å². The highest BCUT2D eigenvalue weighted by atomic mass is 32.2. The van der Waals surface area contributed by atoms with Crippen LogP contribution in [0.15, 0.2) is 35.2 Å². The average molecular weight is 248 g/mol. The quantitative estimate of drug-likeness (QED) is 0.659. The van der Waals surface area contributed by atoms with Crippen LogP contribution in [0.5, 0.6) is 0 Å². The number of rotatable bonds is 3. The van der Waals surface area contributed by atoms with Gasteiger partial charge >= 0.3 is 0 Å². The zero-order valence-electron chi connectivity index (χ0n) is 11.3. The Kier molecular flexibility index (Phi) is 4.19. The number of benzene rings is 1. The van der Waals surface area contributed by atoms with Gasteiger partial charge in [-0.25, -0.2) is 0 Å². The van der Waals surface area contributed by atoms with E-state index in [1.54, 1.807) is 0 Å². The highest BCUT2D eigenvalue weighted by Crippen LogP contribution is 2.45. The Bertz CT molecular complexity index is 342. The lowest BCUT2D eigenvalue weighted by Crippen LogP contribution is -2.35. The molecule has 1 aromatic rings. The molecule has 1 heteroatoms. The molecular formula is C16H24S. The summed E-state index contributed by atoms with van der Waals surface area (Å²) in [5.74, 6) is 3.02. The van der Waals surface area contributed by atoms with Crippen molar-refractivity contribution in [3.63, 3.8) is 0 Å². The van der Waals surface area contributed by atoms with Crippen molar-refractivity contribution in [3.8, 4) is 0 Å². The average Bonchev–Trinajstić information content (AvgIpc) is 2.29. The van der Waals surface area contributed by atoms with Crippen LogP contribution in [0.25, 0.3) is 0 Å². The largest absolute Gasteiger partial charge is 0.126 e. The number of thioether (sulfide) groups is 1. The third-order valence-corrected chi connectivity index (χ3v) is 5.48. The molecule has 1 aromatic carbocycles. The minimum absolute atomic E-state index is 0.527. The summed E-state index contributed by atoms with van der Waals surface area (Å²) < 4.78 is 0. The van der Waals surface area contributed by atoms with Gasteiger partial charge in [-0.15, -0.1) is 11.8 Å². The summed E-state index contributed by atoms with van der Waals surface area (Å²) >= 11 is 2.03. The predicted octanol–water partition coefficient (Wildman–Crippen LogP) is 5.24. The Morgan fingerprint density at radius 2 is 1.94 bits per heavy atom. The van der Waals surface area contributed by atoms with Crippen molar-refractivity contribution in [3.05, 3.63) is 30.3 Å². The van der Waals surface area contributed by atoms with Gasteiger partial charge in [-0.2, -0.15) is 0 Å². The molecule has 2 rings (SSSR count). The molecule has 0 bridgehead atoms. The van der Waals surface area contributed by atoms with E-state index in [1.807, 2.05) is 11.8 Å². The van der Waals surface area contributed by atoms with E-state index in [0.29, 0.717) is 5.41 Å². The van der Waals surface area contributed by atoms with Gasteiger partial charge in [0.15, 0.2) is 0 Å². The summed E-state index contributed by atoms with van der Waals surface area (Å²) in [6, 6.07) is 10.8. The van der Waals surface area contributed by atoms with E-state index in [4.69, 9.17) is 0 Å². The smallest absolute Gasteiger partial charge is 0.00720 e. The van der Waals surface area contributed by atoms with Crippen LogP contribution in [0.1, 0.15) is 40.0 Å². The third kappa shape index (κ3) is 3.28. The van der Waals surface area contributed by atoms with Crippen LogP contribution in [-0.4, -0.2) is 5.75 Å². The van der Waals surface area contributed by atoms with Crippen LogP contribution in [0.2, 0.25) is 0 Å². The zero-order valence-corrected chi connectivity index (χ0v) is 12.1. The Balaban J connectivity index is 1.97. The topological polar surface area (TPSA) is 0 Å². The molecule has 0 aromatic heterocycles. The summed E-state index contributed by atoms with van der Waals surface area (Å²) in [6.45, 7) is 7.36. The normalized spacial score (nSPS) is 27.9. The van der Waals surface area contributed by atoms with Crippen molar-refractivity contribution < 1.29 is 0 Å². The first kappa shape index (κ1) is 13.0. The minimum Gasteiger partial charge on any atom is -0.126 e. The van der Waals surface area contributed by atoms with Crippen molar-refractivity contribution >= 4 is 11.8 Å². The molecule has 0 aliphatic heterocycles. The monoisotopic (exact) mass is 248 g/mol. The Morgan fingerprint density at radius 3 is 2.59 bits per heavy atom. The predicted molar refractivity (Wildman–Crippen MR) is 77.5 cm³/mol. The Labute approximate surface area is 110 Å². The summed E-state index contributed by atoms with van der Waals surface area (Å²) in [7, 11) is 0. The van der Waals surface area contributed by atoms with Gasteiger partial charge in [-0.1, -0.05) is 51.8 Å². The zero-order chi connectivity index (χ0) is 12.3. The molecule has 0 saturated heterocycles. The van der Waals surface area contributed by atoms with Crippen LogP contribution in [0.3, 0.4) is 0 Å². The van der Waals surface area contributed by atoms with Crippen molar-refractivity contribution in [2.24, 2.45) is 17.3 Å². The number of hydrogen-bond donors (Lipinski definition) is 0. The van der Waals surface area contributed by atoms with Crippen molar-refractivity contribution in [1.29, 1.82) is 0 Å². The molecule has 94 valence electrons. The molecule has 17 heavy (non-hydrogen) atoms. The third-order valence-electron chi connectivity index (χ3n) is 4.34. The van der Waals surface area contributed by atoms with E-state index in [2.05, 4.69) is 51.1 Å². The molecule has 0 heterocycles. The second-order valence-corrected chi connectivity index (χ2v) is 7.18. The summed E-state index contributed by atoms with van der Waals surface area (Å²) in [5, 5.41) is 0. The maximum Gasteiger partial charge on any atom is 0.00720 e. The maximum absolute atomic E-state index is 2.46. The first-order valence-corrected chi connectivity index (χ1v) is 7.76. The first-order chi connectivity index (χ1) is 8.09. The molecule has 1 saturated carbocycles. The summed E-state index contributed by atoms with van der Waals surface area (Å²) in [5.41, 5.74) is 0.527. The molecular weight excluding hydrogens is 224 g/mol. The van der Waals surface area contributed by atoms with Crippen LogP contribution < -0.4 is 0 Å². The standard InChI is InChI=1S/C16H24S/c1-13-8-7-11-16(2,3)15(13)12-17-14-9-5-4-6-10-14/h4-6,9-10,13,15H,7-8,11-12H2,1-3H3/t13-,15+/m1/s1. The molecule has 1 aliphatic rings. The van der Waals surface area contributed by atoms with Crippen LogP contribution in [0.4, 0.5) is 0 Å². The van der Waals surface area contributed by atoms with Gasteiger partial charge < -0.3 is 0 Å². The van der Waals surface area contributed by atoms with E-state index < -0.39 is 0 Å². The van der Waals surface area contributed by atoms with E-state index in [1.165, 1.54) is 29.9 Å². The van der Waals surface area contributed by atoms with Gasteiger partial charge in [-0.3, -0.25) is 0 Å². The second-order valence-electron chi connectivity index (χ2n) is 6.09. The fourth-order valence-corrected chi connectivity index (χ4v) is 4.63. The highest BCUT2D eigenvalue weighted by Gasteiger charge is 2.36. The molecule has 0 radical (unpaired) electrons. The Hall–Kier alpha value is -0.430. The molecule has 0 nitrogen and oxygen atoms in total. The van der Waals surface area contributed by atoms with Crippen LogP contribution in [-0.2, 0) is 0 Å². The fourth-order valence-electron chi connectivity index (χ4n) is 3.13. The molecule has 1 aliphatic carbocycles. The van der Waals surface area contributed by atoms with Gasteiger partial charge in [0, 0.05) is 10.6 Å². The van der Waals surface area contributed by atoms with Crippen molar-refractivity contribution in [2.75, 3.05) is 5.75 Å². The van der Waals surface area contributed by atoms with Crippen LogP contribution >= 0.6 is 11.8 Å². The van der Waals surface area contributed by atoms with Crippen molar-refractivity contribution in [1.82, 2.24) is 0 Å². The van der Waals surface area contributed by atoms with Gasteiger partial charge in [0.05, 0.1) is 0 Å². The molecule has 2 atom stereocenters. The highest BCUT2D eigenvalue weighted by molar-refractivity contribution is 7.99. The van der Waals surface area contributed by atoms with Crippen LogP contribution in [0, 0.1) is 17.3 Å². The van der Waals surface area contributed by atoms with Gasteiger partial charge in [-0.05, 0) is 35.8 Å². The lowest BCUT2D eigenvalue weighted by Gasteiger charge is -2.43. The SMILES string of the molecule is C[C@@H]1CCCC(C)(C)[C@H]1CSc1ccccc1. The van der Waals surface area contributed by atoms with Gasteiger partial charge in [0.25, 0.3) is 0 Å². The van der Waals surface area contributed by atoms with E-state index in [-0.39, 0.29) is 0 Å². The van der Waals surface area contributed by atoms with E-state index >= 15 is 0 Å². The lowest BCUT2D eigenvalue weighted by atomic mass is 9.65. The minimum atomic E-state index is 0.527. The molecule has 0 spiro atoms.